The van der Waals surface area contributed by atoms with Gasteiger partial charge in [-0.15, -0.1) is 24.8 Å². The first kappa shape index (κ1) is 38.2. The van der Waals surface area contributed by atoms with Gasteiger partial charge >= 0.3 is 0 Å². The molecule has 0 aliphatic carbocycles. The summed E-state index contributed by atoms with van der Waals surface area (Å²) in [5.41, 5.74) is 0. The molecule has 0 aromatic rings. The molecule has 0 saturated carbocycles. The summed E-state index contributed by atoms with van der Waals surface area (Å²) in [4.78, 5) is 0. The molecule has 0 heterocycles. The Bertz CT molecular complexity index is 134. The first-order valence-electron chi connectivity index (χ1n) is 7.16. The quantitative estimate of drug-likeness (QED) is 0.574. The van der Waals surface area contributed by atoms with Crippen molar-refractivity contribution < 1.29 is 17.9 Å². The van der Waals surface area contributed by atoms with Gasteiger partial charge in [0.2, 0.25) is 0 Å². The zero-order valence-electron chi connectivity index (χ0n) is 18.6. The Kier molecular flexibility index (Phi) is 26.0. The molecule has 0 unspecified atom stereocenters. The Labute approximate surface area is 155 Å². The lowest BCUT2D eigenvalue weighted by molar-refractivity contribution is -0.849. The van der Waals surface area contributed by atoms with E-state index in [1.165, 1.54) is 0 Å². The number of rotatable bonds is 0. The maximum absolute atomic E-state index is 2.12. The summed E-state index contributed by atoms with van der Waals surface area (Å²) in [6, 6.07) is 0. The third kappa shape index (κ3) is 43700. The van der Waals surface area contributed by atoms with E-state index in [2.05, 4.69) is 113 Å². The van der Waals surface area contributed by atoms with Crippen LogP contribution in [0.1, 0.15) is 0 Å². The minimum atomic E-state index is 0. The number of hydrogen-bond acceptors (Lipinski definition) is 0. The first-order valence-corrected chi connectivity index (χ1v) is 7.16. The summed E-state index contributed by atoms with van der Waals surface area (Å²) >= 11 is 0. The van der Waals surface area contributed by atoms with E-state index in [9.17, 15) is 0 Å². The van der Waals surface area contributed by atoms with E-state index in [0.29, 0.717) is 0 Å². The lowest BCUT2D eigenvalue weighted by Gasteiger charge is -2.14. The number of nitrogens with zero attached hydrogens (tertiary/aromatic N) is 4. The highest BCUT2D eigenvalue weighted by Crippen LogP contribution is 1.74. The number of hydrogen-bond donors (Lipinski definition) is 0. The van der Waals surface area contributed by atoms with Gasteiger partial charge in [0, 0.05) is 0 Å². The zero-order chi connectivity index (χ0) is 18.0. The highest BCUT2D eigenvalue weighted by Gasteiger charge is 1.89. The summed E-state index contributed by atoms with van der Waals surface area (Å²) in [5.74, 6) is 0. The van der Waals surface area contributed by atoms with Gasteiger partial charge in [0.25, 0.3) is 0 Å². The van der Waals surface area contributed by atoms with Crippen LogP contribution in [-0.4, -0.2) is 131 Å². The molecule has 0 aliphatic heterocycles. The van der Waals surface area contributed by atoms with E-state index < -0.39 is 0 Å². The molecule has 0 atom stereocenters. The van der Waals surface area contributed by atoms with Crippen molar-refractivity contribution in [3.8, 4) is 0 Å². The van der Waals surface area contributed by atoms with Crippen LogP contribution in [0.4, 0.5) is 0 Å². The molecule has 0 amide bonds. The van der Waals surface area contributed by atoms with E-state index >= 15 is 0 Å². The van der Waals surface area contributed by atoms with E-state index in [0.717, 1.165) is 17.9 Å². The topological polar surface area (TPSA) is 0 Å². The monoisotopic (exact) mass is 368 g/mol. The average Bonchev–Trinajstić information content (AvgIpc) is 1.62. The number of quaternary nitrogens is 4. The molecule has 0 aromatic heterocycles. The molecular weight excluding hydrogens is 319 g/mol. The molecule has 22 heavy (non-hydrogen) atoms. The van der Waals surface area contributed by atoms with Crippen molar-refractivity contribution in [2.45, 2.75) is 0 Å². The maximum Gasteiger partial charge on any atom is 0.0675 e. The normalized spacial score (nSPS) is 10.9. The molecule has 0 spiro atoms. The fourth-order valence-corrected chi connectivity index (χ4v) is 0. The van der Waals surface area contributed by atoms with Crippen molar-refractivity contribution in [3.05, 3.63) is 0 Å². The lowest BCUT2D eigenvalue weighted by atomic mass is 10.8. The lowest BCUT2D eigenvalue weighted by Crippen LogP contribution is -2.27. The molecule has 0 rings (SSSR count). The van der Waals surface area contributed by atoms with Gasteiger partial charge in [0.05, 0.1) is 113 Å². The highest BCUT2D eigenvalue weighted by molar-refractivity contribution is 5.85. The van der Waals surface area contributed by atoms with Gasteiger partial charge in [-0.1, -0.05) is 0 Å². The van der Waals surface area contributed by atoms with Crippen LogP contribution in [0.5, 0.6) is 0 Å². The smallest absolute Gasteiger partial charge is 0.0675 e. The zero-order valence-corrected chi connectivity index (χ0v) is 20.2. The molecule has 0 bridgehead atoms. The van der Waals surface area contributed by atoms with Gasteiger partial charge in [0.15, 0.2) is 0 Å². The summed E-state index contributed by atoms with van der Waals surface area (Å²) in [6.45, 7) is 0. The summed E-state index contributed by atoms with van der Waals surface area (Å²) < 4.78 is 4.00. The molecule has 4 nitrogen and oxygen atoms in total. The van der Waals surface area contributed by atoms with Crippen LogP contribution in [0.2, 0.25) is 0 Å². The van der Waals surface area contributed by atoms with Gasteiger partial charge in [-0.2, -0.15) is 0 Å². The molecular formula is C16H50Cl2N4+4. The van der Waals surface area contributed by atoms with Crippen LogP contribution >= 0.6 is 24.8 Å². The van der Waals surface area contributed by atoms with Gasteiger partial charge in [-0.3, -0.25) is 0 Å². The SMILES string of the molecule is C[N+](C)(C)C.C[N+](C)(C)C.C[N+](C)(C)C.C[N+](C)(C)C.Cl.Cl. The second kappa shape index (κ2) is 15.0. The summed E-state index contributed by atoms with van der Waals surface area (Å²) in [7, 11) is 34.0. The molecule has 0 fully saturated rings. The molecule has 0 N–H and O–H groups in total. The highest BCUT2D eigenvalue weighted by atomic mass is 35.5. The summed E-state index contributed by atoms with van der Waals surface area (Å²) in [5, 5.41) is 0. The largest absolute Gasteiger partial charge is 0.333 e. The fourth-order valence-electron chi connectivity index (χ4n) is 0. The van der Waals surface area contributed by atoms with Gasteiger partial charge in [0.1, 0.15) is 0 Å². The Morgan fingerprint density at radius 3 is 0.227 bits per heavy atom. The van der Waals surface area contributed by atoms with E-state index in [4.69, 9.17) is 0 Å². The molecule has 6 heteroatoms. The van der Waals surface area contributed by atoms with Crippen LogP contribution in [-0.2, 0) is 0 Å². The van der Waals surface area contributed by atoms with Crippen LogP contribution in [0.25, 0.3) is 0 Å². The first-order chi connectivity index (χ1) is 8.00. The van der Waals surface area contributed by atoms with Crippen LogP contribution in [0, 0.1) is 0 Å². The van der Waals surface area contributed by atoms with Crippen LogP contribution < -0.4 is 0 Å². The minimum Gasteiger partial charge on any atom is -0.333 e. The molecule has 0 radical (unpaired) electrons. The predicted octanol–water partition coefficient (Wildman–Crippen LogP) is 2.13. The van der Waals surface area contributed by atoms with Crippen molar-refractivity contribution in [1.82, 2.24) is 0 Å². The predicted molar refractivity (Wildman–Crippen MR) is 110 cm³/mol. The van der Waals surface area contributed by atoms with Crippen molar-refractivity contribution >= 4 is 24.8 Å². The van der Waals surface area contributed by atoms with Crippen LogP contribution in [0.3, 0.4) is 0 Å². The summed E-state index contributed by atoms with van der Waals surface area (Å²) in [6.07, 6.45) is 0. The van der Waals surface area contributed by atoms with E-state index in [-0.39, 0.29) is 24.8 Å². The fraction of sp³-hybridized carbons (Fsp3) is 1.00. The van der Waals surface area contributed by atoms with Crippen molar-refractivity contribution in [2.75, 3.05) is 113 Å². The maximum atomic E-state index is 2.12. The van der Waals surface area contributed by atoms with E-state index in [1.807, 2.05) is 0 Å². The molecule has 144 valence electrons. The van der Waals surface area contributed by atoms with E-state index in [1.54, 1.807) is 0 Å². The Morgan fingerprint density at radius 1 is 0.227 bits per heavy atom. The third-order valence-electron chi connectivity index (χ3n) is 0. The Hall–Kier alpha value is 0.420. The average molecular weight is 370 g/mol. The van der Waals surface area contributed by atoms with Crippen LogP contribution in [0.15, 0.2) is 0 Å². The molecule has 0 aliphatic rings. The number of halogens is 2. The Balaban J connectivity index is -0.0000000376. The third-order valence-corrected chi connectivity index (χ3v) is 0. The second-order valence-corrected chi connectivity index (χ2v) is 10.7. The van der Waals surface area contributed by atoms with Gasteiger partial charge in [-0.05, 0) is 0 Å². The van der Waals surface area contributed by atoms with Crippen molar-refractivity contribution in [3.63, 3.8) is 0 Å². The Morgan fingerprint density at radius 2 is 0.227 bits per heavy atom. The second-order valence-electron chi connectivity index (χ2n) is 10.7. The standard InChI is InChI=1S/4C4H12N.2ClH/c4*1-5(2,3)4;;/h4*1-4H3;2*1H/q4*+1;;. The molecule has 0 saturated heterocycles. The molecule has 0 aromatic carbocycles. The van der Waals surface area contributed by atoms with Crippen molar-refractivity contribution in [2.24, 2.45) is 0 Å². The minimum absolute atomic E-state index is 0. The van der Waals surface area contributed by atoms with Gasteiger partial charge < -0.3 is 17.9 Å². The van der Waals surface area contributed by atoms with Gasteiger partial charge in [-0.25, -0.2) is 0 Å². The van der Waals surface area contributed by atoms with Crippen molar-refractivity contribution in [1.29, 1.82) is 0 Å².